The van der Waals surface area contributed by atoms with Crippen molar-refractivity contribution in [1.29, 1.82) is 0 Å². The van der Waals surface area contributed by atoms with Crippen LogP contribution in [0.2, 0.25) is 0 Å². The number of alkyl halides is 3. The van der Waals surface area contributed by atoms with Crippen LogP contribution in [0.5, 0.6) is 5.75 Å². The molecule has 1 saturated heterocycles. The Kier molecular flexibility index (Phi) is 5.97. The highest BCUT2D eigenvalue weighted by molar-refractivity contribution is 7.89. The maximum atomic E-state index is 12.7. The lowest BCUT2D eigenvalue weighted by Crippen LogP contribution is -2.46. The average molecular weight is 437 g/mol. The second kappa shape index (κ2) is 8.00. The van der Waals surface area contributed by atoms with Gasteiger partial charge in [-0.25, -0.2) is 18.7 Å². The molecule has 162 valence electrons. The summed E-state index contributed by atoms with van der Waals surface area (Å²) in [6, 6.07) is 3.63. The molecule has 1 aliphatic heterocycles. The fourth-order valence-electron chi connectivity index (χ4n) is 2.90. The Hall–Kier alpha value is -2.05. The average Bonchev–Trinajstić information content (AvgIpc) is 3.36. The Morgan fingerprint density at radius 3 is 2.28 bits per heavy atom. The molecule has 8 nitrogen and oxygen atoms in total. The zero-order valence-electron chi connectivity index (χ0n) is 15.7. The third kappa shape index (κ3) is 5.97. The van der Waals surface area contributed by atoms with Crippen molar-refractivity contribution < 1.29 is 36.0 Å². The number of carbonyl (C=O) groups is 1. The van der Waals surface area contributed by atoms with Crippen LogP contribution in [0.15, 0.2) is 29.2 Å². The molecule has 0 atom stereocenters. The molecule has 29 heavy (non-hydrogen) atoms. The molecule has 12 heteroatoms. The third-order valence-corrected chi connectivity index (χ3v) is 6.74. The standard InChI is InChI=1S/C17H22F3N3O5S/c1-16(8-9-16)21-15(24)22-28-13-6-10-23(11-7-13)29(25,26)14-4-2-12(3-5-14)27-17(18,19)20/h2-5,13H,6-11H2,1H3,(H2,21,22,24). The number of ether oxygens (including phenoxy) is 1. The van der Waals surface area contributed by atoms with Crippen molar-refractivity contribution in [3.8, 4) is 5.75 Å². The summed E-state index contributed by atoms with van der Waals surface area (Å²) >= 11 is 0. The third-order valence-electron chi connectivity index (χ3n) is 4.83. The number of nitrogens with zero attached hydrogens (tertiary/aromatic N) is 1. The normalized spacial score (nSPS) is 20.1. The van der Waals surface area contributed by atoms with E-state index in [0.717, 1.165) is 37.1 Å². The van der Waals surface area contributed by atoms with Crippen LogP contribution in [-0.4, -0.2) is 49.8 Å². The predicted octanol–water partition coefficient (Wildman–Crippen LogP) is 2.52. The molecule has 2 fully saturated rings. The van der Waals surface area contributed by atoms with Gasteiger partial charge in [0.15, 0.2) is 0 Å². The molecule has 0 unspecified atom stereocenters. The van der Waals surface area contributed by atoms with E-state index in [0.29, 0.717) is 12.8 Å². The van der Waals surface area contributed by atoms with Crippen LogP contribution >= 0.6 is 0 Å². The molecule has 2 N–H and O–H groups in total. The van der Waals surface area contributed by atoms with Gasteiger partial charge in [0.2, 0.25) is 10.0 Å². The van der Waals surface area contributed by atoms with Crippen molar-refractivity contribution in [3.63, 3.8) is 0 Å². The number of sulfonamides is 1. The van der Waals surface area contributed by atoms with Crippen molar-refractivity contribution in [2.24, 2.45) is 0 Å². The summed E-state index contributed by atoms with van der Waals surface area (Å²) in [5.41, 5.74) is 2.16. The fraction of sp³-hybridized carbons (Fsp3) is 0.588. The Morgan fingerprint density at radius 2 is 1.76 bits per heavy atom. The lowest BCUT2D eigenvalue weighted by Gasteiger charge is -2.30. The van der Waals surface area contributed by atoms with Gasteiger partial charge in [0.25, 0.3) is 0 Å². The van der Waals surface area contributed by atoms with E-state index < -0.39 is 28.2 Å². The van der Waals surface area contributed by atoms with Crippen LogP contribution in [0.25, 0.3) is 0 Å². The first kappa shape index (κ1) is 21.7. The van der Waals surface area contributed by atoms with Gasteiger partial charge >= 0.3 is 12.4 Å². The summed E-state index contributed by atoms with van der Waals surface area (Å²) < 4.78 is 66.9. The highest BCUT2D eigenvalue weighted by Gasteiger charge is 2.39. The van der Waals surface area contributed by atoms with Crippen LogP contribution in [0, 0.1) is 0 Å². The molecule has 2 aliphatic rings. The summed E-state index contributed by atoms with van der Waals surface area (Å²) in [5.74, 6) is -0.493. The minimum Gasteiger partial charge on any atom is -0.406 e. The van der Waals surface area contributed by atoms with Gasteiger partial charge in [0.05, 0.1) is 11.0 Å². The number of hydrogen-bond acceptors (Lipinski definition) is 5. The van der Waals surface area contributed by atoms with Crippen LogP contribution < -0.4 is 15.5 Å². The molecule has 1 aromatic rings. The number of urea groups is 1. The quantitative estimate of drug-likeness (QED) is 0.667. The monoisotopic (exact) mass is 437 g/mol. The number of piperidine rings is 1. The number of amides is 2. The molecule has 1 aliphatic carbocycles. The Balaban J connectivity index is 1.49. The number of hydrogen-bond donors (Lipinski definition) is 2. The molecular weight excluding hydrogens is 415 g/mol. The maximum absolute atomic E-state index is 12.7. The smallest absolute Gasteiger partial charge is 0.406 e. The summed E-state index contributed by atoms with van der Waals surface area (Å²) in [6.07, 6.45) is -2.61. The first-order valence-electron chi connectivity index (χ1n) is 9.07. The van der Waals surface area contributed by atoms with Crippen LogP contribution in [0.4, 0.5) is 18.0 Å². The molecule has 1 heterocycles. The van der Waals surface area contributed by atoms with Gasteiger partial charge in [-0.2, -0.15) is 4.31 Å². The Morgan fingerprint density at radius 1 is 1.17 bits per heavy atom. The topological polar surface area (TPSA) is 97.0 Å². The molecule has 0 aromatic heterocycles. The number of carbonyl (C=O) groups excluding carboxylic acids is 1. The molecule has 2 amide bonds. The van der Waals surface area contributed by atoms with E-state index in [9.17, 15) is 26.4 Å². The van der Waals surface area contributed by atoms with Gasteiger partial charge in [0.1, 0.15) is 5.75 Å². The summed E-state index contributed by atoms with van der Waals surface area (Å²) in [4.78, 5) is 16.9. The van der Waals surface area contributed by atoms with Gasteiger partial charge in [-0.05, 0) is 56.9 Å². The van der Waals surface area contributed by atoms with E-state index in [4.69, 9.17) is 4.84 Å². The van der Waals surface area contributed by atoms with Crippen molar-refractivity contribution >= 4 is 16.1 Å². The lowest BCUT2D eigenvalue weighted by atomic mass is 10.1. The van der Waals surface area contributed by atoms with Crippen molar-refractivity contribution in [3.05, 3.63) is 24.3 Å². The highest BCUT2D eigenvalue weighted by Crippen LogP contribution is 2.34. The second-order valence-electron chi connectivity index (χ2n) is 7.36. The van der Waals surface area contributed by atoms with Gasteiger partial charge in [-0.15, -0.1) is 13.2 Å². The summed E-state index contributed by atoms with van der Waals surface area (Å²) in [6.45, 7) is 2.25. The zero-order chi connectivity index (χ0) is 21.3. The number of nitrogens with one attached hydrogen (secondary N) is 2. The first-order valence-corrected chi connectivity index (χ1v) is 10.5. The SMILES string of the molecule is CC1(NC(=O)NOC2CCN(S(=O)(=O)c3ccc(OC(F)(F)F)cc3)CC2)CC1. The lowest BCUT2D eigenvalue weighted by molar-refractivity contribution is -0.274. The van der Waals surface area contributed by atoms with E-state index in [2.05, 4.69) is 15.5 Å². The van der Waals surface area contributed by atoms with E-state index in [-0.39, 0.29) is 29.6 Å². The van der Waals surface area contributed by atoms with Gasteiger partial charge < -0.3 is 10.1 Å². The zero-order valence-corrected chi connectivity index (χ0v) is 16.5. The van der Waals surface area contributed by atoms with E-state index in [1.54, 1.807) is 0 Å². The van der Waals surface area contributed by atoms with Crippen molar-refractivity contribution in [1.82, 2.24) is 15.1 Å². The van der Waals surface area contributed by atoms with Crippen molar-refractivity contribution in [2.75, 3.05) is 13.1 Å². The van der Waals surface area contributed by atoms with Crippen LogP contribution in [0.3, 0.4) is 0 Å². The van der Waals surface area contributed by atoms with Gasteiger partial charge in [-0.3, -0.25) is 4.84 Å². The number of halogens is 3. The largest absolute Gasteiger partial charge is 0.573 e. The number of rotatable bonds is 6. The highest BCUT2D eigenvalue weighted by atomic mass is 32.2. The molecular formula is C17H22F3N3O5S. The van der Waals surface area contributed by atoms with Crippen LogP contribution in [0.1, 0.15) is 32.6 Å². The molecule has 3 rings (SSSR count). The molecule has 1 aromatic carbocycles. The summed E-state index contributed by atoms with van der Waals surface area (Å²) in [5, 5.41) is 2.78. The molecule has 0 spiro atoms. The predicted molar refractivity (Wildman–Crippen MR) is 95.3 cm³/mol. The second-order valence-corrected chi connectivity index (χ2v) is 9.30. The summed E-state index contributed by atoms with van der Waals surface area (Å²) in [7, 11) is -3.85. The van der Waals surface area contributed by atoms with Gasteiger partial charge in [0, 0.05) is 18.6 Å². The van der Waals surface area contributed by atoms with Crippen molar-refractivity contribution in [2.45, 2.75) is 55.5 Å². The minimum atomic E-state index is -4.84. The number of hydroxylamine groups is 1. The molecule has 0 radical (unpaired) electrons. The van der Waals surface area contributed by atoms with E-state index >= 15 is 0 Å². The number of benzene rings is 1. The molecule has 0 bridgehead atoms. The maximum Gasteiger partial charge on any atom is 0.573 e. The van der Waals surface area contributed by atoms with E-state index in [1.807, 2.05) is 6.92 Å². The van der Waals surface area contributed by atoms with Gasteiger partial charge in [-0.1, -0.05) is 0 Å². The fourth-order valence-corrected chi connectivity index (χ4v) is 4.37. The Bertz CT molecular complexity index is 833. The van der Waals surface area contributed by atoms with E-state index in [1.165, 1.54) is 4.31 Å². The van der Waals surface area contributed by atoms with Crippen LogP contribution in [-0.2, 0) is 14.9 Å². The minimum absolute atomic E-state index is 0.124. The molecule has 1 saturated carbocycles. The first-order chi connectivity index (χ1) is 13.5. The Labute approximate surface area is 166 Å².